The van der Waals surface area contributed by atoms with Crippen LogP contribution in [0, 0.1) is 5.92 Å². The van der Waals surface area contributed by atoms with Gasteiger partial charge in [-0.25, -0.2) is 17.7 Å². The zero-order valence-corrected chi connectivity index (χ0v) is 15.3. The molecule has 0 amide bonds. The molecule has 0 spiro atoms. The van der Waals surface area contributed by atoms with Crippen molar-refractivity contribution in [2.75, 3.05) is 49.7 Å². The van der Waals surface area contributed by atoms with E-state index in [4.69, 9.17) is 9.90 Å². The van der Waals surface area contributed by atoms with Gasteiger partial charge < -0.3 is 20.4 Å². The lowest BCUT2D eigenvalue weighted by atomic mass is 10.1. The van der Waals surface area contributed by atoms with E-state index in [1.807, 2.05) is 11.8 Å². The number of hydrogen-bond donors (Lipinski definition) is 3. The first kappa shape index (κ1) is 21.1. The quantitative estimate of drug-likeness (QED) is 0.551. The molecule has 0 bridgehead atoms. The minimum absolute atomic E-state index is 0.0788. The molecule has 11 heteroatoms. The van der Waals surface area contributed by atoms with E-state index in [2.05, 4.69) is 15.3 Å². The fraction of sp³-hybridized carbons (Fsp3) is 0.643. The van der Waals surface area contributed by atoms with Gasteiger partial charge in [0.15, 0.2) is 0 Å². The van der Waals surface area contributed by atoms with Crippen molar-refractivity contribution < 1.29 is 23.4 Å². The molecular formula is C14H25N5O5S. The van der Waals surface area contributed by atoms with Crippen LogP contribution in [0.2, 0.25) is 0 Å². The predicted molar refractivity (Wildman–Crippen MR) is 94.1 cm³/mol. The normalized spacial score (nSPS) is 20.1. The Morgan fingerprint density at radius 1 is 1.44 bits per heavy atom. The van der Waals surface area contributed by atoms with E-state index in [1.165, 1.54) is 18.4 Å². The molecule has 0 aromatic carbocycles. The van der Waals surface area contributed by atoms with Crippen LogP contribution in [0.4, 0.5) is 11.8 Å². The average molecular weight is 375 g/mol. The van der Waals surface area contributed by atoms with Crippen molar-refractivity contribution in [3.05, 3.63) is 12.3 Å². The summed E-state index contributed by atoms with van der Waals surface area (Å²) in [6, 6.07) is 1.77. The van der Waals surface area contributed by atoms with Crippen molar-refractivity contribution in [2.24, 2.45) is 5.92 Å². The second kappa shape index (κ2) is 9.49. The molecule has 0 radical (unpaired) electrons. The Morgan fingerprint density at radius 3 is 2.64 bits per heavy atom. The predicted octanol–water partition coefficient (Wildman–Crippen LogP) is -0.702. The fourth-order valence-corrected chi connectivity index (χ4v) is 3.55. The Kier molecular flexibility index (Phi) is 8.00. The van der Waals surface area contributed by atoms with Crippen LogP contribution in [0.5, 0.6) is 0 Å². The summed E-state index contributed by atoms with van der Waals surface area (Å²) in [5.74, 6) is 0.789. The third kappa shape index (κ3) is 6.11. The maximum atomic E-state index is 12.0. The van der Waals surface area contributed by atoms with Crippen LogP contribution in [-0.2, 0) is 14.8 Å². The molecular weight excluding hydrogens is 350 g/mol. The van der Waals surface area contributed by atoms with Crippen molar-refractivity contribution in [3.8, 4) is 0 Å². The number of aliphatic hydroxyl groups excluding tert-OH is 1. The molecule has 2 atom stereocenters. The number of rotatable bonds is 6. The standard InChI is InChI=1S/C13H23N5O3S.CH2O2/c1-4-14-12-5-6-15-13(16-12)18-7-10(11(19)8-18)9-22(20,21)17(2)3;2-1-3/h5-6,10-11,19H,4,7-9H2,1-3H3,(H,14,15,16);1H,(H,2,3)/t10-,11-;/m0./s1. The molecule has 2 rings (SSSR count). The summed E-state index contributed by atoms with van der Waals surface area (Å²) in [5.41, 5.74) is 0. The highest BCUT2D eigenvalue weighted by Gasteiger charge is 2.36. The van der Waals surface area contributed by atoms with Gasteiger partial charge in [0.05, 0.1) is 11.9 Å². The second-order valence-electron chi connectivity index (χ2n) is 5.67. The van der Waals surface area contributed by atoms with Crippen LogP contribution >= 0.6 is 0 Å². The van der Waals surface area contributed by atoms with E-state index in [-0.39, 0.29) is 18.1 Å². The van der Waals surface area contributed by atoms with E-state index < -0.39 is 16.1 Å². The maximum absolute atomic E-state index is 12.0. The maximum Gasteiger partial charge on any atom is 0.290 e. The minimum Gasteiger partial charge on any atom is -0.483 e. The molecule has 3 N–H and O–H groups in total. The molecule has 2 heterocycles. The Morgan fingerprint density at radius 2 is 2.08 bits per heavy atom. The number of nitrogens with one attached hydrogen (secondary N) is 1. The number of hydrogen-bond acceptors (Lipinski definition) is 8. The highest BCUT2D eigenvalue weighted by Crippen LogP contribution is 2.23. The molecule has 1 aromatic rings. The Bertz CT molecular complexity index is 655. The van der Waals surface area contributed by atoms with Crippen molar-refractivity contribution in [2.45, 2.75) is 13.0 Å². The van der Waals surface area contributed by atoms with Gasteiger partial charge in [0.25, 0.3) is 6.47 Å². The molecule has 1 fully saturated rings. The molecule has 1 aliphatic rings. The van der Waals surface area contributed by atoms with E-state index in [1.54, 1.807) is 12.3 Å². The van der Waals surface area contributed by atoms with E-state index >= 15 is 0 Å². The van der Waals surface area contributed by atoms with Gasteiger partial charge in [0.1, 0.15) is 5.82 Å². The van der Waals surface area contributed by atoms with Crippen molar-refractivity contribution >= 4 is 28.3 Å². The van der Waals surface area contributed by atoms with Crippen LogP contribution < -0.4 is 10.2 Å². The van der Waals surface area contributed by atoms with Gasteiger partial charge in [0.2, 0.25) is 16.0 Å². The van der Waals surface area contributed by atoms with Gasteiger partial charge >= 0.3 is 0 Å². The molecule has 0 saturated carbocycles. The van der Waals surface area contributed by atoms with E-state index in [0.29, 0.717) is 24.9 Å². The average Bonchev–Trinajstić information content (AvgIpc) is 2.89. The van der Waals surface area contributed by atoms with Crippen molar-refractivity contribution in [3.63, 3.8) is 0 Å². The highest BCUT2D eigenvalue weighted by atomic mass is 32.2. The number of anilines is 2. The summed E-state index contributed by atoms with van der Waals surface area (Å²) in [4.78, 5) is 18.8. The Labute approximate surface area is 147 Å². The number of sulfonamides is 1. The number of nitrogens with zero attached hydrogens (tertiary/aromatic N) is 4. The van der Waals surface area contributed by atoms with Crippen molar-refractivity contribution in [1.29, 1.82) is 0 Å². The highest BCUT2D eigenvalue weighted by molar-refractivity contribution is 7.89. The van der Waals surface area contributed by atoms with Crippen LogP contribution in [-0.4, -0.2) is 85.0 Å². The lowest BCUT2D eigenvalue weighted by Crippen LogP contribution is -2.33. The lowest BCUT2D eigenvalue weighted by molar-refractivity contribution is -0.122. The van der Waals surface area contributed by atoms with Gasteiger partial charge in [-0.05, 0) is 13.0 Å². The molecule has 1 aliphatic heterocycles. The van der Waals surface area contributed by atoms with Crippen molar-refractivity contribution in [1.82, 2.24) is 14.3 Å². The Hall–Kier alpha value is -1.98. The third-order valence-electron chi connectivity index (χ3n) is 3.67. The number of carbonyl (C=O) groups is 1. The molecule has 25 heavy (non-hydrogen) atoms. The summed E-state index contributed by atoms with van der Waals surface area (Å²) < 4.78 is 25.1. The van der Waals surface area contributed by atoms with Gasteiger partial charge in [-0.2, -0.15) is 4.98 Å². The number of β-amino-alcohol motifs (C(OH)–C–C–N with tert-alkyl or cyclic N) is 1. The second-order valence-corrected chi connectivity index (χ2v) is 7.90. The molecule has 0 aliphatic carbocycles. The molecule has 10 nitrogen and oxygen atoms in total. The van der Waals surface area contributed by atoms with Crippen LogP contribution in [0.1, 0.15) is 6.92 Å². The summed E-state index contributed by atoms with van der Waals surface area (Å²) in [6.07, 6.45) is 0.942. The number of aromatic nitrogens is 2. The SMILES string of the molecule is CCNc1ccnc(N2C[C@@H](CS(=O)(=O)N(C)C)[C@@H](O)C2)n1.O=CO. The van der Waals surface area contributed by atoms with E-state index in [0.717, 1.165) is 6.54 Å². The summed E-state index contributed by atoms with van der Waals surface area (Å²) in [6.45, 7) is 3.24. The van der Waals surface area contributed by atoms with Gasteiger partial charge in [-0.3, -0.25) is 4.79 Å². The fourth-order valence-electron chi connectivity index (χ4n) is 2.38. The zero-order chi connectivity index (χ0) is 19.0. The smallest absolute Gasteiger partial charge is 0.290 e. The summed E-state index contributed by atoms with van der Waals surface area (Å²) >= 11 is 0. The largest absolute Gasteiger partial charge is 0.483 e. The van der Waals surface area contributed by atoms with Crippen LogP contribution in [0.15, 0.2) is 12.3 Å². The van der Waals surface area contributed by atoms with Crippen LogP contribution in [0.3, 0.4) is 0 Å². The topological polar surface area (TPSA) is 136 Å². The number of carboxylic acid groups (broad SMARTS) is 1. The zero-order valence-electron chi connectivity index (χ0n) is 14.5. The first-order valence-electron chi connectivity index (χ1n) is 7.73. The first-order valence-corrected chi connectivity index (χ1v) is 9.34. The first-order chi connectivity index (χ1) is 11.7. The molecule has 142 valence electrons. The Balaban J connectivity index is 0.000000970. The molecule has 1 saturated heterocycles. The minimum atomic E-state index is -3.34. The monoisotopic (exact) mass is 375 g/mol. The van der Waals surface area contributed by atoms with Gasteiger partial charge in [0, 0.05) is 45.8 Å². The summed E-state index contributed by atoms with van der Waals surface area (Å²) in [5, 5.41) is 20.1. The van der Waals surface area contributed by atoms with Crippen LogP contribution in [0.25, 0.3) is 0 Å². The molecule has 1 aromatic heterocycles. The summed E-state index contributed by atoms with van der Waals surface area (Å²) in [7, 11) is -0.349. The lowest BCUT2D eigenvalue weighted by Gasteiger charge is -2.18. The van der Waals surface area contributed by atoms with E-state index in [9.17, 15) is 13.5 Å². The molecule has 0 unspecified atom stereocenters. The third-order valence-corrected chi connectivity index (χ3v) is 5.63. The number of aliphatic hydroxyl groups is 1. The van der Waals surface area contributed by atoms with Gasteiger partial charge in [-0.1, -0.05) is 0 Å². The van der Waals surface area contributed by atoms with Gasteiger partial charge in [-0.15, -0.1) is 0 Å².